The summed E-state index contributed by atoms with van der Waals surface area (Å²) < 4.78 is 6.37. The Bertz CT molecular complexity index is 691. The van der Waals surface area contributed by atoms with Crippen molar-refractivity contribution < 1.29 is 9.53 Å². The molecule has 3 heterocycles. The van der Waals surface area contributed by atoms with E-state index in [1.165, 1.54) is 7.11 Å². The van der Waals surface area contributed by atoms with Crippen molar-refractivity contribution in [2.24, 2.45) is 7.05 Å². The molecule has 2 aromatic heterocycles. The molecular formula is C13H19N7O2. The van der Waals surface area contributed by atoms with E-state index in [2.05, 4.69) is 24.7 Å². The first kappa shape index (κ1) is 14.5. The van der Waals surface area contributed by atoms with Gasteiger partial charge in [0.15, 0.2) is 5.65 Å². The van der Waals surface area contributed by atoms with E-state index in [0.717, 1.165) is 37.2 Å². The summed E-state index contributed by atoms with van der Waals surface area (Å²) in [5, 5.41) is 4.91. The Morgan fingerprint density at radius 3 is 2.73 bits per heavy atom. The van der Waals surface area contributed by atoms with Crippen molar-refractivity contribution in [1.82, 2.24) is 24.6 Å². The van der Waals surface area contributed by atoms with Crippen LogP contribution in [0.25, 0.3) is 11.0 Å². The molecule has 0 aliphatic carbocycles. The van der Waals surface area contributed by atoms with Crippen molar-refractivity contribution in [3.63, 3.8) is 0 Å². The van der Waals surface area contributed by atoms with Gasteiger partial charge in [0.25, 0.3) is 0 Å². The number of aryl methyl sites for hydroxylation is 1. The Hall–Kier alpha value is -2.42. The molecule has 0 aromatic carbocycles. The normalized spacial score (nSPS) is 16.2. The third-order valence-electron chi connectivity index (χ3n) is 3.85. The number of hydrogen-bond donors (Lipinski definition) is 1. The molecule has 1 saturated heterocycles. The maximum absolute atomic E-state index is 11.3. The number of methoxy groups -OCH3 is 1. The van der Waals surface area contributed by atoms with Gasteiger partial charge in [-0.25, -0.2) is 0 Å². The predicted octanol–water partition coefficient (Wildman–Crippen LogP) is -0.759. The summed E-state index contributed by atoms with van der Waals surface area (Å²) in [5.74, 6) is 0.821. The van der Waals surface area contributed by atoms with E-state index in [1.807, 2.05) is 11.9 Å². The molecular weight excluding hydrogens is 286 g/mol. The number of ether oxygens (including phenoxy) is 1. The van der Waals surface area contributed by atoms with Crippen LogP contribution < -0.4 is 10.6 Å². The average molecular weight is 305 g/mol. The molecule has 0 saturated carbocycles. The van der Waals surface area contributed by atoms with Crippen LogP contribution in [0, 0.1) is 0 Å². The molecule has 9 nitrogen and oxygen atoms in total. The highest BCUT2D eigenvalue weighted by atomic mass is 16.5. The van der Waals surface area contributed by atoms with E-state index in [9.17, 15) is 4.79 Å². The second-order valence-corrected chi connectivity index (χ2v) is 5.25. The lowest BCUT2D eigenvalue weighted by Gasteiger charge is -2.34. The fourth-order valence-electron chi connectivity index (χ4n) is 2.53. The third kappa shape index (κ3) is 2.67. The topological polar surface area (TPSA) is 102 Å². The summed E-state index contributed by atoms with van der Waals surface area (Å²) in [6.45, 7) is 3.29. The summed E-state index contributed by atoms with van der Waals surface area (Å²) in [6, 6.07) is 0. The number of esters is 1. The number of nitrogens with zero attached hydrogens (tertiary/aromatic N) is 6. The first-order valence-electron chi connectivity index (χ1n) is 7.08. The molecule has 0 atom stereocenters. The molecule has 1 aliphatic heterocycles. The number of piperazine rings is 1. The molecule has 1 fully saturated rings. The van der Waals surface area contributed by atoms with Crippen molar-refractivity contribution in [2.45, 2.75) is 0 Å². The van der Waals surface area contributed by atoms with Crippen molar-refractivity contribution >= 4 is 28.8 Å². The Labute approximate surface area is 127 Å². The molecule has 0 radical (unpaired) electrons. The van der Waals surface area contributed by atoms with Crippen LogP contribution in [-0.4, -0.2) is 70.5 Å². The molecule has 0 amide bonds. The first-order chi connectivity index (χ1) is 10.6. The van der Waals surface area contributed by atoms with Crippen LogP contribution in [0.5, 0.6) is 0 Å². The van der Waals surface area contributed by atoms with Crippen LogP contribution in [0.1, 0.15) is 0 Å². The quantitative estimate of drug-likeness (QED) is 0.738. The summed E-state index contributed by atoms with van der Waals surface area (Å²) in [5.41, 5.74) is 6.71. The van der Waals surface area contributed by atoms with Crippen LogP contribution in [0.3, 0.4) is 0 Å². The van der Waals surface area contributed by atoms with Gasteiger partial charge in [0.1, 0.15) is 5.82 Å². The average Bonchev–Trinajstić information content (AvgIpc) is 2.90. The number of nitrogen functional groups attached to an aromatic ring is 1. The number of anilines is 2. The standard InChI is InChI=1S/C13H19N7O2/c1-18-12-9(7-15-18)11(14)16-13(17-12)20-5-3-19(4-6-20)8-10(21)22-2/h7H,3-6,8H2,1-2H3,(H2,14,16,17). The minimum absolute atomic E-state index is 0.217. The van der Waals surface area contributed by atoms with Crippen molar-refractivity contribution in [1.29, 1.82) is 0 Å². The molecule has 0 bridgehead atoms. The Balaban J connectivity index is 1.73. The lowest BCUT2D eigenvalue weighted by Crippen LogP contribution is -2.48. The number of aromatic nitrogens is 4. The molecule has 0 spiro atoms. The maximum Gasteiger partial charge on any atom is 0.319 e. The minimum atomic E-state index is -0.217. The largest absolute Gasteiger partial charge is 0.468 e. The van der Waals surface area contributed by atoms with E-state index in [4.69, 9.17) is 5.73 Å². The van der Waals surface area contributed by atoms with Gasteiger partial charge in [0.2, 0.25) is 5.95 Å². The number of fused-ring (bicyclic) bond motifs is 1. The zero-order valence-electron chi connectivity index (χ0n) is 12.7. The summed E-state index contributed by atoms with van der Waals surface area (Å²) in [4.78, 5) is 24.3. The lowest BCUT2D eigenvalue weighted by molar-refractivity contribution is -0.142. The number of nitrogens with two attached hydrogens (primary N) is 1. The van der Waals surface area contributed by atoms with Gasteiger partial charge in [-0.2, -0.15) is 15.1 Å². The number of carbonyl (C=O) groups excluding carboxylic acids is 1. The molecule has 2 N–H and O–H groups in total. The molecule has 0 unspecified atom stereocenters. The highest BCUT2D eigenvalue weighted by Crippen LogP contribution is 2.21. The van der Waals surface area contributed by atoms with Gasteiger partial charge >= 0.3 is 5.97 Å². The zero-order valence-corrected chi connectivity index (χ0v) is 12.7. The summed E-state index contributed by atoms with van der Waals surface area (Å²) >= 11 is 0. The van der Waals surface area contributed by atoms with E-state index in [0.29, 0.717) is 18.3 Å². The maximum atomic E-state index is 11.3. The van der Waals surface area contributed by atoms with Gasteiger partial charge < -0.3 is 15.4 Å². The second-order valence-electron chi connectivity index (χ2n) is 5.25. The summed E-state index contributed by atoms with van der Waals surface area (Å²) in [6.07, 6.45) is 1.67. The van der Waals surface area contributed by atoms with Crippen molar-refractivity contribution in [2.75, 3.05) is 50.5 Å². The van der Waals surface area contributed by atoms with Gasteiger partial charge in [0, 0.05) is 33.2 Å². The monoisotopic (exact) mass is 305 g/mol. The minimum Gasteiger partial charge on any atom is -0.468 e. The molecule has 118 valence electrons. The van der Waals surface area contributed by atoms with Crippen LogP contribution >= 0.6 is 0 Å². The van der Waals surface area contributed by atoms with E-state index >= 15 is 0 Å². The highest BCUT2D eigenvalue weighted by Gasteiger charge is 2.22. The van der Waals surface area contributed by atoms with Gasteiger partial charge in [-0.3, -0.25) is 14.4 Å². The van der Waals surface area contributed by atoms with Crippen LogP contribution in [-0.2, 0) is 16.6 Å². The zero-order chi connectivity index (χ0) is 15.7. The van der Waals surface area contributed by atoms with E-state index in [-0.39, 0.29) is 5.97 Å². The second kappa shape index (κ2) is 5.76. The van der Waals surface area contributed by atoms with E-state index < -0.39 is 0 Å². The third-order valence-corrected chi connectivity index (χ3v) is 3.85. The molecule has 9 heteroatoms. The van der Waals surface area contributed by atoms with Gasteiger partial charge in [-0.1, -0.05) is 0 Å². The van der Waals surface area contributed by atoms with Crippen LogP contribution in [0.4, 0.5) is 11.8 Å². The van der Waals surface area contributed by atoms with Gasteiger partial charge in [-0.05, 0) is 0 Å². The van der Waals surface area contributed by atoms with Crippen molar-refractivity contribution in [3.8, 4) is 0 Å². The van der Waals surface area contributed by atoms with Gasteiger partial charge in [0.05, 0.1) is 25.2 Å². The van der Waals surface area contributed by atoms with Gasteiger partial charge in [-0.15, -0.1) is 0 Å². The van der Waals surface area contributed by atoms with Crippen LogP contribution in [0.2, 0.25) is 0 Å². The Morgan fingerprint density at radius 2 is 2.05 bits per heavy atom. The van der Waals surface area contributed by atoms with Crippen molar-refractivity contribution in [3.05, 3.63) is 6.20 Å². The predicted molar refractivity (Wildman–Crippen MR) is 81.4 cm³/mol. The Morgan fingerprint density at radius 1 is 1.32 bits per heavy atom. The SMILES string of the molecule is COC(=O)CN1CCN(c2nc(N)c3cnn(C)c3n2)CC1. The first-order valence-corrected chi connectivity index (χ1v) is 7.08. The fourth-order valence-corrected chi connectivity index (χ4v) is 2.53. The summed E-state index contributed by atoms with van der Waals surface area (Å²) in [7, 11) is 3.23. The lowest BCUT2D eigenvalue weighted by atomic mass is 10.3. The Kier molecular flexibility index (Phi) is 3.80. The number of carbonyl (C=O) groups is 1. The fraction of sp³-hybridized carbons (Fsp3) is 0.538. The smallest absolute Gasteiger partial charge is 0.319 e. The molecule has 22 heavy (non-hydrogen) atoms. The van der Waals surface area contributed by atoms with Crippen LogP contribution in [0.15, 0.2) is 6.20 Å². The number of hydrogen-bond acceptors (Lipinski definition) is 8. The number of rotatable bonds is 3. The molecule has 2 aromatic rings. The molecule has 1 aliphatic rings. The molecule has 3 rings (SSSR count). The van der Waals surface area contributed by atoms with E-state index in [1.54, 1.807) is 10.9 Å². The highest BCUT2D eigenvalue weighted by molar-refractivity contribution is 5.86.